The zero-order valence-electron chi connectivity index (χ0n) is 10.0. The van der Waals surface area contributed by atoms with Crippen molar-refractivity contribution >= 4 is 17.7 Å². The van der Waals surface area contributed by atoms with Gasteiger partial charge in [0.25, 0.3) is 0 Å². The topological polar surface area (TPSA) is 62.5 Å². The average molecular weight is 257 g/mol. The molecule has 1 heterocycles. The summed E-state index contributed by atoms with van der Waals surface area (Å²) in [7, 11) is 0. The Hall–Kier alpha value is -0.940. The fourth-order valence-corrected chi connectivity index (χ4v) is 2.31. The maximum Gasteiger partial charge on any atom is 0.320 e. The molecule has 0 radical (unpaired) electrons. The van der Waals surface area contributed by atoms with E-state index in [0.717, 1.165) is 30.2 Å². The highest BCUT2D eigenvalue weighted by Gasteiger charge is 2.15. The molecule has 5 heteroatoms. The van der Waals surface area contributed by atoms with Crippen molar-refractivity contribution < 1.29 is 14.3 Å². The molecule has 4 nitrogen and oxygen atoms in total. The molecule has 1 atom stereocenters. The lowest BCUT2D eigenvalue weighted by molar-refractivity contribution is -0.139. The van der Waals surface area contributed by atoms with Crippen molar-refractivity contribution in [3.63, 3.8) is 0 Å². The molecule has 1 aromatic rings. The molecule has 1 aromatic heterocycles. The number of furan rings is 1. The smallest absolute Gasteiger partial charge is 0.320 e. The Morgan fingerprint density at radius 3 is 3.06 bits per heavy atom. The van der Waals surface area contributed by atoms with E-state index in [4.69, 9.17) is 9.52 Å². The fraction of sp³-hybridized carbons (Fsp3) is 0.583. The first kappa shape index (κ1) is 14.1. The number of aliphatic carboxylic acids is 1. The number of hydrogen-bond acceptors (Lipinski definition) is 4. The van der Waals surface area contributed by atoms with Crippen LogP contribution in [0.4, 0.5) is 0 Å². The zero-order valence-corrected chi connectivity index (χ0v) is 10.8. The van der Waals surface area contributed by atoms with E-state index in [0.29, 0.717) is 6.42 Å². The van der Waals surface area contributed by atoms with Crippen molar-refractivity contribution in [1.82, 2.24) is 5.32 Å². The number of rotatable bonds is 9. The third kappa shape index (κ3) is 5.79. The quantitative estimate of drug-likeness (QED) is 0.665. The summed E-state index contributed by atoms with van der Waals surface area (Å²) in [6.45, 7) is 2.78. The average Bonchev–Trinajstić information content (AvgIpc) is 2.80. The summed E-state index contributed by atoms with van der Waals surface area (Å²) in [5.41, 5.74) is 0. The molecule has 0 aromatic carbocycles. The lowest BCUT2D eigenvalue weighted by Gasteiger charge is -2.13. The third-order valence-electron chi connectivity index (χ3n) is 2.31. The molecule has 0 aliphatic carbocycles. The van der Waals surface area contributed by atoms with Crippen LogP contribution >= 0.6 is 11.8 Å². The molecule has 1 unspecified atom stereocenters. The van der Waals surface area contributed by atoms with E-state index in [2.05, 4.69) is 5.32 Å². The first-order valence-electron chi connectivity index (χ1n) is 5.80. The second-order valence-corrected chi connectivity index (χ2v) is 4.87. The van der Waals surface area contributed by atoms with Gasteiger partial charge in [-0.05, 0) is 37.3 Å². The van der Waals surface area contributed by atoms with Crippen LogP contribution in [0.3, 0.4) is 0 Å². The Morgan fingerprint density at radius 2 is 2.47 bits per heavy atom. The molecule has 0 bridgehead atoms. The number of nitrogens with one attached hydrogen (secondary N) is 1. The van der Waals surface area contributed by atoms with Gasteiger partial charge in [0.2, 0.25) is 0 Å². The van der Waals surface area contributed by atoms with Crippen molar-refractivity contribution in [1.29, 1.82) is 0 Å². The summed E-state index contributed by atoms with van der Waals surface area (Å²) in [4.78, 5) is 10.9. The van der Waals surface area contributed by atoms with Crippen molar-refractivity contribution in [3.8, 4) is 0 Å². The highest BCUT2D eigenvalue weighted by Crippen LogP contribution is 2.14. The van der Waals surface area contributed by atoms with Gasteiger partial charge in [-0.15, -0.1) is 0 Å². The van der Waals surface area contributed by atoms with Gasteiger partial charge in [-0.2, -0.15) is 11.8 Å². The van der Waals surface area contributed by atoms with Crippen molar-refractivity contribution in [3.05, 3.63) is 24.2 Å². The zero-order chi connectivity index (χ0) is 12.5. The summed E-state index contributed by atoms with van der Waals surface area (Å²) in [6.07, 6.45) is 3.24. The number of carboxylic acids is 1. The standard InChI is InChI=1S/C12H19NO3S/c1-2-6-13-11(12(14)15)5-8-17-9-10-4-3-7-16-10/h3-4,7,11,13H,2,5-6,8-9H2,1H3,(H,14,15). The van der Waals surface area contributed by atoms with E-state index >= 15 is 0 Å². The monoisotopic (exact) mass is 257 g/mol. The van der Waals surface area contributed by atoms with Crippen LogP contribution < -0.4 is 5.32 Å². The van der Waals surface area contributed by atoms with Crippen molar-refractivity contribution in [2.45, 2.75) is 31.6 Å². The Kier molecular flexibility index (Phi) is 6.81. The summed E-state index contributed by atoms with van der Waals surface area (Å²) >= 11 is 1.69. The van der Waals surface area contributed by atoms with Crippen LogP contribution in [0, 0.1) is 0 Å². The van der Waals surface area contributed by atoms with Crippen LogP contribution in [0.1, 0.15) is 25.5 Å². The highest BCUT2D eigenvalue weighted by atomic mass is 32.2. The molecule has 0 aliphatic rings. The number of hydrogen-bond donors (Lipinski definition) is 2. The fourth-order valence-electron chi connectivity index (χ4n) is 1.40. The molecule has 1 rings (SSSR count). The Bertz CT molecular complexity index is 314. The van der Waals surface area contributed by atoms with Crippen LogP contribution in [0.25, 0.3) is 0 Å². The van der Waals surface area contributed by atoms with E-state index in [1.807, 2.05) is 19.1 Å². The van der Waals surface area contributed by atoms with E-state index < -0.39 is 12.0 Å². The van der Waals surface area contributed by atoms with Crippen LogP contribution in [0.15, 0.2) is 22.8 Å². The molecule has 0 saturated heterocycles. The molecule has 17 heavy (non-hydrogen) atoms. The summed E-state index contributed by atoms with van der Waals surface area (Å²) in [6, 6.07) is 3.36. The number of carbonyl (C=O) groups is 1. The first-order valence-corrected chi connectivity index (χ1v) is 6.95. The molecule has 0 fully saturated rings. The van der Waals surface area contributed by atoms with Crippen LogP contribution in [0.5, 0.6) is 0 Å². The summed E-state index contributed by atoms with van der Waals surface area (Å²) in [5.74, 6) is 1.78. The van der Waals surface area contributed by atoms with Gasteiger partial charge >= 0.3 is 5.97 Å². The Labute approximate surface area is 106 Å². The third-order valence-corrected chi connectivity index (χ3v) is 3.33. The van der Waals surface area contributed by atoms with Gasteiger partial charge in [0, 0.05) is 0 Å². The van der Waals surface area contributed by atoms with E-state index in [9.17, 15) is 4.79 Å². The largest absolute Gasteiger partial charge is 0.480 e. The number of carboxylic acid groups (broad SMARTS) is 1. The van der Waals surface area contributed by atoms with Gasteiger partial charge in [0.05, 0.1) is 12.0 Å². The minimum atomic E-state index is -0.767. The van der Waals surface area contributed by atoms with Gasteiger partial charge in [-0.1, -0.05) is 6.92 Å². The molecule has 0 saturated carbocycles. The summed E-state index contributed by atoms with van der Waals surface area (Å²) < 4.78 is 5.20. The summed E-state index contributed by atoms with van der Waals surface area (Å²) in [5, 5.41) is 12.0. The second kappa shape index (κ2) is 8.20. The Morgan fingerprint density at radius 1 is 1.65 bits per heavy atom. The maximum absolute atomic E-state index is 10.9. The molecule has 2 N–H and O–H groups in total. The van der Waals surface area contributed by atoms with Gasteiger partial charge < -0.3 is 14.8 Å². The minimum Gasteiger partial charge on any atom is -0.480 e. The minimum absolute atomic E-state index is 0.431. The molecule has 0 aliphatic heterocycles. The van der Waals surface area contributed by atoms with Gasteiger partial charge in [0.15, 0.2) is 0 Å². The predicted octanol–water partition coefficient (Wildman–Crippen LogP) is 2.36. The van der Waals surface area contributed by atoms with Gasteiger partial charge in [-0.3, -0.25) is 4.79 Å². The molecular formula is C12H19NO3S. The first-order chi connectivity index (χ1) is 8.24. The molecule has 0 amide bonds. The van der Waals surface area contributed by atoms with Crippen LogP contribution in [-0.4, -0.2) is 29.4 Å². The van der Waals surface area contributed by atoms with E-state index in [1.54, 1.807) is 18.0 Å². The van der Waals surface area contributed by atoms with E-state index in [1.165, 1.54) is 0 Å². The second-order valence-electron chi connectivity index (χ2n) is 3.77. The van der Waals surface area contributed by atoms with Crippen LogP contribution in [0.2, 0.25) is 0 Å². The lowest BCUT2D eigenvalue weighted by Crippen LogP contribution is -2.37. The lowest BCUT2D eigenvalue weighted by atomic mass is 10.2. The molecular weight excluding hydrogens is 238 g/mol. The SMILES string of the molecule is CCCNC(CCSCc1ccco1)C(=O)O. The van der Waals surface area contributed by atoms with Gasteiger partial charge in [-0.25, -0.2) is 0 Å². The maximum atomic E-state index is 10.9. The molecule has 96 valence electrons. The van der Waals surface area contributed by atoms with E-state index in [-0.39, 0.29) is 0 Å². The predicted molar refractivity (Wildman–Crippen MR) is 69.2 cm³/mol. The molecule has 0 spiro atoms. The Balaban J connectivity index is 2.16. The van der Waals surface area contributed by atoms with Crippen LogP contribution in [-0.2, 0) is 10.5 Å². The number of thioether (sulfide) groups is 1. The van der Waals surface area contributed by atoms with Gasteiger partial charge in [0.1, 0.15) is 11.8 Å². The van der Waals surface area contributed by atoms with Crippen molar-refractivity contribution in [2.75, 3.05) is 12.3 Å². The highest BCUT2D eigenvalue weighted by molar-refractivity contribution is 7.98. The van der Waals surface area contributed by atoms with Crippen molar-refractivity contribution in [2.24, 2.45) is 0 Å². The normalized spacial score (nSPS) is 12.5.